The highest BCUT2D eigenvalue weighted by atomic mass is 19.4. The first-order valence-corrected chi connectivity index (χ1v) is 12.5. The van der Waals surface area contributed by atoms with Gasteiger partial charge in [-0.3, -0.25) is 4.79 Å². The van der Waals surface area contributed by atoms with Crippen LogP contribution in [0.4, 0.5) is 17.6 Å². The first kappa shape index (κ1) is 24.9. The molecule has 2 aromatic carbocycles. The Bertz CT molecular complexity index is 1440. The first-order valence-electron chi connectivity index (χ1n) is 12.5. The van der Waals surface area contributed by atoms with Crippen molar-refractivity contribution in [3.63, 3.8) is 0 Å². The van der Waals surface area contributed by atoms with Crippen LogP contribution in [0.5, 0.6) is 5.88 Å². The molecule has 0 bridgehead atoms. The number of aromatic nitrogens is 1. The van der Waals surface area contributed by atoms with Gasteiger partial charge in [0, 0.05) is 35.7 Å². The molecule has 3 aromatic rings. The lowest BCUT2D eigenvalue weighted by Crippen LogP contribution is -2.18. The van der Waals surface area contributed by atoms with Crippen LogP contribution in [0.25, 0.3) is 0 Å². The fraction of sp³-hybridized carbons (Fsp3) is 0.379. The second-order valence-electron chi connectivity index (χ2n) is 10.7. The summed E-state index contributed by atoms with van der Waals surface area (Å²) in [5.74, 6) is -1.76. The topological polar surface area (TPSA) is 62.7 Å². The molecule has 1 aromatic heterocycles. The highest BCUT2D eigenvalue weighted by molar-refractivity contribution is 5.77. The maximum atomic E-state index is 15.2. The number of hydrogen-bond donors (Lipinski definition) is 1. The summed E-state index contributed by atoms with van der Waals surface area (Å²) in [5.41, 5.74) is 3.02. The van der Waals surface area contributed by atoms with E-state index in [0.29, 0.717) is 29.8 Å². The van der Waals surface area contributed by atoms with Crippen molar-refractivity contribution >= 4 is 5.97 Å². The predicted octanol–water partition coefficient (Wildman–Crippen LogP) is 5.93. The highest BCUT2D eigenvalue weighted by Gasteiger charge is 2.60. The van der Waals surface area contributed by atoms with E-state index in [1.54, 1.807) is 24.4 Å². The Balaban J connectivity index is 1.28. The molecule has 2 unspecified atom stereocenters. The van der Waals surface area contributed by atoms with Gasteiger partial charge < -0.3 is 14.7 Å². The molecule has 1 fully saturated rings. The van der Waals surface area contributed by atoms with Gasteiger partial charge in [0.15, 0.2) is 0 Å². The quantitative estimate of drug-likeness (QED) is 0.404. The predicted molar refractivity (Wildman–Crippen MR) is 130 cm³/mol. The Morgan fingerprint density at radius 2 is 1.87 bits per heavy atom. The van der Waals surface area contributed by atoms with Crippen molar-refractivity contribution in [2.24, 2.45) is 11.8 Å². The normalized spacial score (nSPS) is 25.2. The lowest BCUT2D eigenvalue weighted by molar-refractivity contribution is -0.139. The van der Waals surface area contributed by atoms with E-state index in [1.165, 1.54) is 18.2 Å². The van der Waals surface area contributed by atoms with E-state index in [-0.39, 0.29) is 41.5 Å². The number of carboxylic acid groups (broad SMARTS) is 1. The standard InChI is InChI=1S/C29H26F4N2O3/c1-35(2)24-11-18(16-5-3-4-6-22(16)29(31,32)33)17-8-15(23(30)10-19(17)24)13-38-25-9-14-7-20-26(21(14)12-34-25)27(20)28(36)37/h3-6,8-10,12,18,20,24,26-27H,7,11,13H2,1-2H3,(H,36,37)/t18?,20-,24?,26-,27+/m1/s1. The molecule has 3 aliphatic carbocycles. The van der Waals surface area contributed by atoms with Crippen LogP contribution >= 0.6 is 0 Å². The Morgan fingerprint density at radius 1 is 1.11 bits per heavy atom. The van der Waals surface area contributed by atoms with Gasteiger partial charge in [0.2, 0.25) is 5.88 Å². The molecule has 0 amide bonds. The fourth-order valence-corrected chi connectivity index (χ4v) is 6.51. The van der Waals surface area contributed by atoms with Gasteiger partial charge in [-0.25, -0.2) is 9.37 Å². The van der Waals surface area contributed by atoms with Gasteiger partial charge in [-0.15, -0.1) is 0 Å². The summed E-state index contributed by atoms with van der Waals surface area (Å²) in [6.07, 6.45) is -1.80. The molecule has 0 radical (unpaired) electrons. The fourth-order valence-electron chi connectivity index (χ4n) is 6.51. The van der Waals surface area contributed by atoms with Crippen molar-refractivity contribution in [3.8, 4) is 5.88 Å². The van der Waals surface area contributed by atoms with Crippen molar-refractivity contribution in [3.05, 3.63) is 93.4 Å². The monoisotopic (exact) mass is 526 g/mol. The number of carboxylic acids is 1. The minimum absolute atomic E-state index is 0.000595. The molecular formula is C29H26F4N2O3. The van der Waals surface area contributed by atoms with Crippen LogP contribution in [0.15, 0.2) is 48.7 Å². The lowest BCUT2D eigenvalue weighted by Gasteiger charge is -2.21. The number of nitrogens with zero attached hydrogens (tertiary/aromatic N) is 2. The third-order valence-electron chi connectivity index (χ3n) is 8.35. The van der Waals surface area contributed by atoms with Gasteiger partial charge in [0.05, 0.1) is 11.5 Å². The summed E-state index contributed by atoms with van der Waals surface area (Å²) in [6.45, 7) is -0.129. The van der Waals surface area contributed by atoms with E-state index in [2.05, 4.69) is 4.98 Å². The minimum Gasteiger partial charge on any atom is -0.481 e. The van der Waals surface area contributed by atoms with Crippen molar-refractivity contribution in [1.82, 2.24) is 9.88 Å². The third-order valence-corrected chi connectivity index (χ3v) is 8.35. The molecule has 198 valence electrons. The SMILES string of the molecule is CN(C)C1CC(c2ccccc2C(F)(F)F)c2cc(COc3cc4c(cn3)[C@H]3[C@@H](C4)[C@@H]3C(=O)O)c(F)cc21. The van der Waals surface area contributed by atoms with Gasteiger partial charge in [-0.05, 0) is 78.9 Å². The van der Waals surface area contributed by atoms with Crippen LogP contribution < -0.4 is 4.74 Å². The molecule has 6 rings (SSSR count). The number of pyridine rings is 1. The maximum absolute atomic E-state index is 15.2. The maximum Gasteiger partial charge on any atom is 0.416 e. The van der Waals surface area contributed by atoms with Gasteiger partial charge in [-0.2, -0.15) is 13.2 Å². The van der Waals surface area contributed by atoms with E-state index in [9.17, 15) is 23.1 Å². The van der Waals surface area contributed by atoms with Crippen LogP contribution in [0.3, 0.4) is 0 Å². The number of ether oxygens (including phenoxy) is 1. The summed E-state index contributed by atoms with van der Waals surface area (Å²) in [5, 5.41) is 9.30. The van der Waals surface area contributed by atoms with Gasteiger partial charge in [-0.1, -0.05) is 18.2 Å². The molecule has 3 aliphatic rings. The number of aliphatic carboxylic acids is 1. The number of benzene rings is 2. The van der Waals surface area contributed by atoms with Crippen molar-refractivity contribution in [1.29, 1.82) is 0 Å². The first-order chi connectivity index (χ1) is 18.0. The second-order valence-corrected chi connectivity index (χ2v) is 10.7. The average molecular weight is 527 g/mol. The zero-order valence-corrected chi connectivity index (χ0v) is 20.8. The number of carbonyl (C=O) groups is 1. The summed E-state index contributed by atoms with van der Waals surface area (Å²) in [6, 6.07) is 10.2. The average Bonchev–Trinajstić information content (AvgIpc) is 3.27. The largest absolute Gasteiger partial charge is 0.481 e. The number of hydrogen-bond acceptors (Lipinski definition) is 4. The lowest BCUT2D eigenvalue weighted by atomic mass is 9.88. The molecular weight excluding hydrogens is 500 g/mol. The molecule has 5 nitrogen and oxygen atoms in total. The number of fused-ring (bicyclic) bond motifs is 4. The molecule has 38 heavy (non-hydrogen) atoms. The highest BCUT2D eigenvalue weighted by Crippen LogP contribution is 2.61. The second kappa shape index (κ2) is 8.80. The van der Waals surface area contributed by atoms with Crippen molar-refractivity contribution in [2.75, 3.05) is 14.1 Å². The molecule has 1 heterocycles. The molecule has 1 saturated carbocycles. The zero-order valence-electron chi connectivity index (χ0n) is 20.8. The zero-order chi connectivity index (χ0) is 26.9. The van der Waals surface area contributed by atoms with E-state index >= 15 is 4.39 Å². The van der Waals surface area contributed by atoms with Crippen LogP contribution in [0.1, 0.15) is 63.2 Å². The summed E-state index contributed by atoms with van der Waals surface area (Å²) in [4.78, 5) is 17.5. The van der Waals surface area contributed by atoms with E-state index in [1.807, 2.05) is 19.0 Å². The molecule has 0 saturated heterocycles. The van der Waals surface area contributed by atoms with E-state index in [4.69, 9.17) is 4.74 Å². The molecule has 0 spiro atoms. The Labute approximate surface area is 217 Å². The molecule has 9 heteroatoms. The van der Waals surface area contributed by atoms with E-state index < -0.39 is 29.4 Å². The number of alkyl halides is 3. The van der Waals surface area contributed by atoms with Crippen LogP contribution in [0, 0.1) is 17.7 Å². The smallest absolute Gasteiger partial charge is 0.416 e. The third kappa shape index (κ3) is 4.04. The number of halogens is 4. The number of rotatable bonds is 6. The van der Waals surface area contributed by atoms with Crippen molar-refractivity contribution in [2.45, 2.75) is 43.5 Å². The molecule has 1 N–H and O–H groups in total. The summed E-state index contributed by atoms with van der Waals surface area (Å²) in [7, 11) is 3.67. The Hall–Kier alpha value is -3.46. The van der Waals surface area contributed by atoms with Crippen molar-refractivity contribution < 1.29 is 32.2 Å². The van der Waals surface area contributed by atoms with Crippen LogP contribution in [-0.2, 0) is 24.0 Å². The molecule has 5 atom stereocenters. The van der Waals surface area contributed by atoms with Crippen LogP contribution in [-0.4, -0.2) is 35.1 Å². The minimum atomic E-state index is -4.50. The van der Waals surface area contributed by atoms with Gasteiger partial charge in [0.1, 0.15) is 12.4 Å². The Morgan fingerprint density at radius 3 is 2.58 bits per heavy atom. The van der Waals surface area contributed by atoms with Crippen LogP contribution in [0.2, 0.25) is 0 Å². The van der Waals surface area contributed by atoms with Gasteiger partial charge >= 0.3 is 12.1 Å². The summed E-state index contributed by atoms with van der Waals surface area (Å²) < 4.78 is 62.6. The van der Waals surface area contributed by atoms with Gasteiger partial charge in [0.25, 0.3) is 0 Å². The Kier molecular flexibility index (Phi) is 5.75. The van der Waals surface area contributed by atoms with E-state index in [0.717, 1.165) is 17.2 Å². The summed E-state index contributed by atoms with van der Waals surface area (Å²) >= 11 is 0. The molecule has 0 aliphatic heterocycles.